The van der Waals surface area contributed by atoms with Gasteiger partial charge in [-0.05, 0) is 85.5 Å². The van der Waals surface area contributed by atoms with Crippen molar-refractivity contribution in [2.45, 2.75) is 104 Å². The van der Waals surface area contributed by atoms with Crippen LogP contribution in [0.5, 0.6) is 0 Å². The zero-order valence-corrected chi connectivity index (χ0v) is 21.9. The fourth-order valence-corrected chi connectivity index (χ4v) is 9.14. The minimum absolute atomic E-state index is 0.0525. The SMILES string of the molecule is CC(C)[C@@H](CCO)CC[C@@H](C)[C@H]1C[C@@H](O)[C@H]2[C@@H]3C(=O)C=C4C[C@@H](O)CC[C@]4(C)[C@H]3[C@H](O)C[C@@]21C. The van der Waals surface area contributed by atoms with Crippen molar-refractivity contribution in [3.8, 4) is 0 Å². The lowest BCUT2D eigenvalue weighted by atomic mass is 9.45. The lowest BCUT2D eigenvalue weighted by Gasteiger charge is -2.59. The number of hydrogen-bond donors (Lipinski definition) is 4. The number of allylic oxidation sites excluding steroid dienone is 1. The maximum absolute atomic E-state index is 13.5. The summed E-state index contributed by atoms with van der Waals surface area (Å²) in [5.41, 5.74) is 0.452. The number of rotatable bonds is 7. The van der Waals surface area contributed by atoms with E-state index < -0.39 is 18.3 Å². The number of hydrogen-bond acceptors (Lipinski definition) is 5. The Morgan fingerprint density at radius 3 is 2.38 bits per heavy atom. The molecule has 0 saturated heterocycles. The molecule has 0 amide bonds. The molecule has 0 aromatic rings. The molecule has 4 N–H and O–H groups in total. The number of aliphatic hydroxyl groups is 4. The van der Waals surface area contributed by atoms with E-state index >= 15 is 0 Å². The quantitative estimate of drug-likeness (QED) is 0.443. The van der Waals surface area contributed by atoms with Crippen LogP contribution in [0.4, 0.5) is 0 Å². The summed E-state index contributed by atoms with van der Waals surface area (Å²) in [7, 11) is 0. The third kappa shape index (κ3) is 4.23. The minimum Gasteiger partial charge on any atom is -0.396 e. The lowest BCUT2D eigenvalue weighted by molar-refractivity contribution is -0.161. The molecule has 194 valence electrons. The Balaban J connectivity index is 1.59. The molecule has 4 aliphatic carbocycles. The fraction of sp³-hybridized carbons (Fsp3) is 0.897. The van der Waals surface area contributed by atoms with Gasteiger partial charge >= 0.3 is 0 Å². The largest absolute Gasteiger partial charge is 0.396 e. The summed E-state index contributed by atoms with van der Waals surface area (Å²) < 4.78 is 0. The fourth-order valence-electron chi connectivity index (χ4n) is 9.14. The second-order valence-electron chi connectivity index (χ2n) is 13.2. The molecule has 0 aromatic carbocycles. The first-order chi connectivity index (χ1) is 15.9. The van der Waals surface area contributed by atoms with Crippen LogP contribution in [0.3, 0.4) is 0 Å². The normalized spacial score (nSPS) is 45.9. The van der Waals surface area contributed by atoms with E-state index in [1.807, 2.05) is 0 Å². The topological polar surface area (TPSA) is 98.0 Å². The van der Waals surface area contributed by atoms with Crippen molar-refractivity contribution in [2.24, 2.45) is 52.3 Å². The first-order valence-electron chi connectivity index (χ1n) is 13.8. The Morgan fingerprint density at radius 2 is 1.74 bits per heavy atom. The first kappa shape index (κ1) is 26.3. The molecule has 3 saturated carbocycles. The number of carbonyl (C=O) groups excluding carboxylic acids is 1. The predicted octanol–water partition coefficient (Wildman–Crippen LogP) is 4.12. The molecule has 5 heteroatoms. The van der Waals surface area contributed by atoms with E-state index in [0.717, 1.165) is 31.3 Å². The van der Waals surface area contributed by atoms with Crippen molar-refractivity contribution < 1.29 is 25.2 Å². The van der Waals surface area contributed by atoms with E-state index in [-0.39, 0.29) is 46.9 Å². The van der Waals surface area contributed by atoms with Gasteiger partial charge in [-0.2, -0.15) is 0 Å². The highest BCUT2D eigenvalue weighted by Gasteiger charge is 2.66. The minimum atomic E-state index is -0.572. The molecule has 0 radical (unpaired) electrons. The second kappa shape index (κ2) is 9.61. The molecule has 0 spiro atoms. The highest BCUT2D eigenvalue weighted by Crippen LogP contribution is 2.66. The highest BCUT2D eigenvalue weighted by molar-refractivity contribution is 5.94. The van der Waals surface area contributed by atoms with E-state index in [0.29, 0.717) is 43.4 Å². The molecule has 0 unspecified atom stereocenters. The Kier molecular flexibility index (Phi) is 7.44. The Bertz CT molecular complexity index is 791. The van der Waals surface area contributed by atoms with E-state index in [9.17, 15) is 25.2 Å². The first-order valence-corrected chi connectivity index (χ1v) is 13.8. The smallest absolute Gasteiger partial charge is 0.159 e. The predicted molar refractivity (Wildman–Crippen MR) is 133 cm³/mol. The van der Waals surface area contributed by atoms with Crippen LogP contribution in [-0.2, 0) is 4.79 Å². The average molecular weight is 477 g/mol. The molecule has 0 heterocycles. The number of ketones is 1. The van der Waals surface area contributed by atoms with Gasteiger partial charge < -0.3 is 20.4 Å². The molecule has 0 aliphatic heterocycles. The summed E-state index contributed by atoms with van der Waals surface area (Å²) in [6.07, 6.45) is 6.54. The highest BCUT2D eigenvalue weighted by atomic mass is 16.3. The van der Waals surface area contributed by atoms with Gasteiger partial charge in [0, 0.05) is 24.4 Å². The standard InChI is InChI=1S/C29H48O5/c1-16(2)18(9-11-30)7-6-17(3)21-14-23(33)26-25-22(32)13-19-12-20(31)8-10-28(19,4)27(25)24(34)15-29(21,26)5/h13,16-18,20-21,23-27,30-31,33-34H,6-12,14-15H2,1-5H3/t17-,18-,20+,21-,23-,24-,25+,26+,27+,28+,29-/m1/s1. The van der Waals surface area contributed by atoms with Crippen molar-refractivity contribution in [3.63, 3.8) is 0 Å². The van der Waals surface area contributed by atoms with E-state index in [4.69, 9.17) is 0 Å². The molecule has 0 aromatic heterocycles. The Morgan fingerprint density at radius 1 is 1.03 bits per heavy atom. The maximum Gasteiger partial charge on any atom is 0.159 e. The Hall–Kier alpha value is -0.750. The third-order valence-electron chi connectivity index (χ3n) is 11.0. The van der Waals surface area contributed by atoms with Gasteiger partial charge in [-0.3, -0.25) is 4.79 Å². The van der Waals surface area contributed by atoms with E-state index in [1.165, 1.54) is 0 Å². The lowest BCUT2D eigenvalue weighted by Crippen LogP contribution is -2.60. The van der Waals surface area contributed by atoms with Crippen LogP contribution in [0.1, 0.15) is 86.0 Å². The molecule has 4 rings (SSSR count). The van der Waals surface area contributed by atoms with Gasteiger partial charge in [0.25, 0.3) is 0 Å². The number of aliphatic hydroxyl groups excluding tert-OH is 4. The van der Waals surface area contributed by atoms with Gasteiger partial charge in [-0.1, -0.05) is 46.6 Å². The summed E-state index contributed by atoms with van der Waals surface area (Å²) in [6.45, 7) is 11.4. The van der Waals surface area contributed by atoms with Gasteiger partial charge in [0.05, 0.1) is 18.3 Å². The van der Waals surface area contributed by atoms with Crippen molar-refractivity contribution in [3.05, 3.63) is 11.6 Å². The summed E-state index contributed by atoms with van der Waals surface area (Å²) >= 11 is 0. The van der Waals surface area contributed by atoms with Crippen LogP contribution in [-0.4, -0.2) is 51.1 Å². The summed E-state index contributed by atoms with van der Waals surface area (Å²) in [6, 6.07) is 0. The van der Waals surface area contributed by atoms with E-state index in [2.05, 4.69) is 34.6 Å². The van der Waals surface area contributed by atoms with Crippen LogP contribution in [0, 0.1) is 52.3 Å². The van der Waals surface area contributed by atoms with Gasteiger partial charge in [0.2, 0.25) is 0 Å². The van der Waals surface area contributed by atoms with Crippen molar-refractivity contribution >= 4 is 5.78 Å². The maximum atomic E-state index is 13.5. The van der Waals surface area contributed by atoms with Crippen LogP contribution in [0.25, 0.3) is 0 Å². The summed E-state index contributed by atoms with van der Waals surface area (Å²) in [4.78, 5) is 13.5. The van der Waals surface area contributed by atoms with Crippen molar-refractivity contribution in [2.75, 3.05) is 6.61 Å². The number of carbonyl (C=O) groups is 1. The van der Waals surface area contributed by atoms with Crippen molar-refractivity contribution in [1.82, 2.24) is 0 Å². The zero-order chi connectivity index (χ0) is 25.0. The van der Waals surface area contributed by atoms with Gasteiger partial charge in [0.15, 0.2) is 5.78 Å². The molecular weight excluding hydrogens is 428 g/mol. The molecule has 0 bridgehead atoms. The monoisotopic (exact) mass is 476 g/mol. The summed E-state index contributed by atoms with van der Waals surface area (Å²) in [5.74, 6) is 1.09. The third-order valence-corrected chi connectivity index (χ3v) is 11.0. The van der Waals surface area contributed by atoms with Crippen LogP contribution < -0.4 is 0 Å². The summed E-state index contributed by atoms with van der Waals surface area (Å²) in [5, 5.41) is 42.7. The van der Waals surface area contributed by atoms with E-state index in [1.54, 1.807) is 6.08 Å². The molecular formula is C29H48O5. The van der Waals surface area contributed by atoms with Crippen LogP contribution >= 0.6 is 0 Å². The van der Waals surface area contributed by atoms with Gasteiger partial charge in [-0.25, -0.2) is 0 Å². The van der Waals surface area contributed by atoms with Crippen LogP contribution in [0.15, 0.2) is 11.6 Å². The number of fused-ring (bicyclic) bond motifs is 5. The second-order valence-corrected chi connectivity index (χ2v) is 13.2. The Labute approximate surface area is 206 Å². The average Bonchev–Trinajstić information content (AvgIpc) is 3.01. The van der Waals surface area contributed by atoms with Crippen molar-refractivity contribution in [1.29, 1.82) is 0 Å². The molecule has 4 aliphatic rings. The molecule has 5 nitrogen and oxygen atoms in total. The molecule has 34 heavy (non-hydrogen) atoms. The zero-order valence-electron chi connectivity index (χ0n) is 21.9. The van der Waals surface area contributed by atoms with Gasteiger partial charge in [-0.15, -0.1) is 0 Å². The molecule has 11 atom stereocenters. The van der Waals surface area contributed by atoms with Gasteiger partial charge in [0.1, 0.15) is 0 Å². The molecule has 3 fully saturated rings. The van der Waals surface area contributed by atoms with Crippen LogP contribution in [0.2, 0.25) is 0 Å².